The van der Waals surface area contributed by atoms with E-state index in [0.717, 1.165) is 13.2 Å². The Labute approximate surface area is 83.0 Å². The van der Waals surface area contributed by atoms with Crippen LogP contribution in [0.4, 0.5) is 10.1 Å². The second kappa shape index (κ2) is 3.91. The first-order valence-electron chi connectivity index (χ1n) is 3.72. The lowest BCUT2D eigenvalue weighted by Crippen LogP contribution is -2.03. The molecule has 1 N–H and O–H groups in total. The number of carbonyl (C=O) groups excluding carboxylic acids is 1. The smallest absolute Gasteiger partial charge is 0.346 e. The Morgan fingerprint density at radius 3 is 2.60 bits per heavy atom. The van der Waals surface area contributed by atoms with E-state index in [2.05, 4.69) is 4.74 Å². The molecule has 0 saturated heterocycles. The van der Waals surface area contributed by atoms with Gasteiger partial charge >= 0.3 is 11.7 Å². The van der Waals surface area contributed by atoms with Crippen molar-refractivity contribution in [2.45, 2.75) is 0 Å². The van der Waals surface area contributed by atoms with Crippen molar-refractivity contribution in [3.05, 3.63) is 33.6 Å². The summed E-state index contributed by atoms with van der Waals surface area (Å²) >= 11 is 0. The van der Waals surface area contributed by atoms with Gasteiger partial charge in [-0.3, -0.25) is 10.1 Å². The largest absolute Gasteiger partial charge is 0.502 e. The molecular weight excluding hydrogens is 209 g/mol. The SMILES string of the molecule is COC(=O)c1cc(O)c([N+](=O)[O-])c(F)c1. The van der Waals surface area contributed by atoms with Gasteiger partial charge in [-0.2, -0.15) is 4.39 Å². The van der Waals surface area contributed by atoms with Crippen LogP contribution in [0.15, 0.2) is 12.1 Å². The quantitative estimate of drug-likeness (QED) is 0.455. The number of nitrogens with zero attached hydrogens (tertiary/aromatic N) is 1. The minimum atomic E-state index is -1.29. The molecule has 0 amide bonds. The minimum absolute atomic E-state index is 0.293. The van der Waals surface area contributed by atoms with Crippen molar-refractivity contribution in [2.24, 2.45) is 0 Å². The molecule has 0 aromatic heterocycles. The highest BCUT2D eigenvalue weighted by atomic mass is 19.1. The molecule has 0 spiro atoms. The Kier molecular flexibility index (Phi) is 2.84. The molecule has 1 aromatic rings. The van der Waals surface area contributed by atoms with Gasteiger partial charge in [0.05, 0.1) is 17.6 Å². The van der Waals surface area contributed by atoms with Crippen LogP contribution in [0.3, 0.4) is 0 Å². The standard InChI is InChI=1S/C8H6FNO5/c1-15-8(12)4-2-5(9)7(10(13)14)6(11)3-4/h2-3,11H,1H3. The van der Waals surface area contributed by atoms with E-state index in [1.807, 2.05) is 0 Å². The predicted molar refractivity (Wildman–Crippen MR) is 46.1 cm³/mol. The predicted octanol–water partition coefficient (Wildman–Crippen LogP) is 1.23. The van der Waals surface area contributed by atoms with E-state index in [-0.39, 0.29) is 5.56 Å². The van der Waals surface area contributed by atoms with Crippen LogP contribution in [0.1, 0.15) is 10.4 Å². The van der Waals surface area contributed by atoms with Gasteiger partial charge in [0.1, 0.15) is 0 Å². The van der Waals surface area contributed by atoms with Crippen LogP contribution in [0, 0.1) is 15.9 Å². The van der Waals surface area contributed by atoms with E-state index in [1.54, 1.807) is 0 Å². The molecule has 0 radical (unpaired) electrons. The van der Waals surface area contributed by atoms with Gasteiger partial charge in [0, 0.05) is 6.07 Å². The summed E-state index contributed by atoms with van der Waals surface area (Å²) in [5.74, 6) is -3.10. The Morgan fingerprint density at radius 1 is 1.60 bits per heavy atom. The number of esters is 1. The topological polar surface area (TPSA) is 89.7 Å². The molecule has 0 saturated carbocycles. The zero-order valence-corrected chi connectivity index (χ0v) is 7.56. The van der Waals surface area contributed by atoms with Gasteiger partial charge < -0.3 is 9.84 Å². The molecule has 1 aromatic carbocycles. The number of hydrogen-bond donors (Lipinski definition) is 1. The number of phenolic OH excluding ortho intramolecular Hbond substituents is 1. The van der Waals surface area contributed by atoms with Crippen molar-refractivity contribution in [1.82, 2.24) is 0 Å². The lowest BCUT2D eigenvalue weighted by molar-refractivity contribution is -0.388. The molecule has 0 unspecified atom stereocenters. The number of ether oxygens (including phenoxy) is 1. The van der Waals surface area contributed by atoms with Crippen molar-refractivity contribution in [2.75, 3.05) is 7.11 Å². The highest BCUT2D eigenvalue weighted by Gasteiger charge is 2.23. The van der Waals surface area contributed by atoms with Gasteiger partial charge in [-0.1, -0.05) is 0 Å². The first-order valence-corrected chi connectivity index (χ1v) is 3.72. The summed E-state index contributed by atoms with van der Waals surface area (Å²) in [5, 5.41) is 19.4. The van der Waals surface area contributed by atoms with E-state index >= 15 is 0 Å². The molecule has 15 heavy (non-hydrogen) atoms. The van der Waals surface area contributed by atoms with E-state index in [0.29, 0.717) is 6.07 Å². The average molecular weight is 215 g/mol. The first kappa shape index (κ1) is 10.9. The highest BCUT2D eigenvalue weighted by molar-refractivity contribution is 5.90. The fraction of sp³-hybridized carbons (Fsp3) is 0.125. The summed E-state index contributed by atoms with van der Waals surface area (Å²) in [4.78, 5) is 20.1. The molecule has 7 heteroatoms. The molecule has 0 fully saturated rings. The van der Waals surface area contributed by atoms with Gasteiger partial charge in [-0.15, -0.1) is 0 Å². The summed E-state index contributed by atoms with van der Waals surface area (Å²) in [6.45, 7) is 0. The Hall–Kier alpha value is -2.18. The molecule has 6 nitrogen and oxygen atoms in total. The van der Waals surface area contributed by atoms with Gasteiger partial charge in [0.15, 0.2) is 5.75 Å². The second-order valence-electron chi connectivity index (χ2n) is 2.57. The van der Waals surface area contributed by atoms with Crippen LogP contribution in [0.25, 0.3) is 0 Å². The monoisotopic (exact) mass is 215 g/mol. The number of hydrogen-bond acceptors (Lipinski definition) is 5. The number of nitro benzene ring substituents is 1. The summed E-state index contributed by atoms with van der Waals surface area (Å²) in [6.07, 6.45) is 0. The lowest BCUT2D eigenvalue weighted by atomic mass is 10.2. The lowest BCUT2D eigenvalue weighted by Gasteiger charge is -2.01. The zero-order valence-electron chi connectivity index (χ0n) is 7.56. The number of phenols is 1. The number of carbonyl (C=O) groups is 1. The van der Waals surface area contributed by atoms with E-state index < -0.39 is 28.1 Å². The fourth-order valence-electron chi connectivity index (χ4n) is 1.00. The van der Waals surface area contributed by atoms with Crippen LogP contribution in [-0.2, 0) is 4.74 Å². The molecule has 80 valence electrons. The summed E-state index contributed by atoms with van der Waals surface area (Å²) in [5.41, 5.74) is -1.36. The number of halogens is 1. The van der Waals surface area contributed by atoms with Gasteiger partial charge in [-0.05, 0) is 6.07 Å². The molecule has 0 aliphatic rings. The number of methoxy groups -OCH3 is 1. The third-order valence-electron chi connectivity index (χ3n) is 1.65. The number of aromatic hydroxyl groups is 1. The second-order valence-corrected chi connectivity index (χ2v) is 2.57. The van der Waals surface area contributed by atoms with Crippen LogP contribution < -0.4 is 0 Å². The van der Waals surface area contributed by atoms with Gasteiger partial charge in [0.2, 0.25) is 5.82 Å². The number of rotatable bonds is 2. The minimum Gasteiger partial charge on any atom is -0.502 e. The maximum absolute atomic E-state index is 13.0. The average Bonchev–Trinajstić information content (AvgIpc) is 2.14. The van der Waals surface area contributed by atoms with Gasteiger partial charge in [-0.25, -0.2) is 4.79 Å². The van der Waals surface area contributed by atoms with Crippen molar-refractivity contribution in [3.63, 3.8) is 0 Å². The highest BCUT2D eigenvalue weighted by Crippen LogP contribution is 2.30. The van der Waals surface area contributed by atoms with E-state index in [9.17, 15) is 19.3 Å². The third-order valence-corrected chi connectivity index (χ3v) is 1.65. The summed E-state index contributed by atoms with van der Waals surface area (Å²) in [7, 11) is 1.07. The maximum Gasteiger partial charge on any atom is 0.346 e. The first-order chi connectivity index (χ1) is 6.97. The Balaban J connectivity index is 3.31. The zero-order chi connectivity index (χ0) is 11.6. The maximum atomic E-state index is 13.0. The number of benzene rings is 1. The van der Waals surface area contributed by atoms with Crippen molar-refractivity contribution >= 4 is 11.7 Å². The van der Waals surface area contributed by atoms with Crippen LogP contribution in [0.5, 0.6) is 5.75 Å². The van der Waals surface area contributed by atoms with Crippen LogP contribution in [-0.4, -0.2) is 23.1 Å². The van der Waals surface area contributed by atoms with E-state index in [4.69, 9.17) is 5.11 Å². The summed E-state index contributed by atoms with van der Waals surface area (Å²) in [6, 6.07) is 1.40. The van der Waals surface area contributed by atoms with Crippen molar-refractivity contribution in [3.8, 4) is 5.75 Å². The van der Waals surface area contributed by atoms with Crippen LogP contribution in [0.2, 0.25) is 0 Å². The normalized spacial score (nSPS) is 9.73. The Bertz CT molecular complexity index is 408. The van der Waals surface area contributed by atoms with Crippen LogP contribution >= 0.6 is 0 Å². The van der Waals surface area contributed by atoms with E-state index in [1.165, 1.54) is 0 Å². The molecule has 0 heterocycles. The number of nitro groups is 1. The third kappa shape index (κ3) is 2.01. The van der Waals surface area contributed by atoms with Crippen molar-refractivity contribution < 1.29 is 24.0 Å². The summed E-state index contributed by atoms with van der Waals surface area (Å²) < 4.78 is 17.3. The molecule has 0 aliphatic heterocycles. The fourth-order valence-corrected chi connectivity index (χ4v) is 1.00. The van der Waals surface area contributed by atoms with Crippen molar-refractivity contribution in [1.29, 1.82) is 0 Å². The Morgan fingerprint density at radius 2 is 2.20 bits per heavy atom. The molecule has 0 atom stereocenters. The molecular formula is C8H6FNO5. The molecule has 1 rings (SSSR count). The van der Waals surface area contributed by atoms with Gasteiger partial charge in [0.25, 0.3) is 0 Å². The molecule has 0 aliphatic carbocycles. The molecule has 0 bridgehead atoms.